The molecule has 1 rings (SSSR count). The maximum absolute atomic E-state index is 13.0. The molecule has 0 fully saturated rings. The topological polar surface area (TPSA) is 9.23 Å². The molecule has 0 aliphatic rings. The third kappa shape index (κ3) is 9.17. The average molecular weight is 308 g/mol. The van der Waals surface area contributed by atoms with Crippen molar-refractivity contribution in [2.24, 2.45) is 0 Å². The van der Waals surface area contributed by atoms with E-state index in [1.54, 1.807) is 12.1 Å². The Morgan fingerprint density at radius 3 is 1.81 bits per heavy atom. The predicted octanol–water partition coefficient (Wildman–Crippen LogP) is 6.36. The van der Waals surface area contributed by atoms with Crippen molar-refractivity contribution < 1.29 is 8.18 Å². The first kappa shape index (κ1) is 18.5. The molecule has 0 saturated heterocycles. The van der Waals surface area contributed by atoms with E-state index in [1.807, 2.05) is 0 Å². The lowest BCUT2D eigenvalue weighted by molar-refractivity contribution is 0.541. The summed E-state index contributed by atoms with van der Waals surface area (Å²) in [5.41, 5.74) is 0. The van der Waals surface area contributed by atoms with Gasteiger partial charge in [0.15, 0.2) is 0 Å². The molecule has 118 valence electrons. The lowest BCUT2D eigenvalue weighted by Crippen LogP contribution is -2.21. The molecule has 3 heteroatoms. The summed E-state index contributed by atoms with van der Waals surface area (Å²) in [7, 11) is 0. The van der Waals surface area contributed by atoms with Crippen LogP contribution in [0.15, 0.2) is 24.3 Å². The minimum absolute atomic E-state index is 0.188. The molecule has 1 aromatic carbocycles. The number of benzene rings is 1. The van der Waals surface area contributed by atoms with Gasteiger partial charge in [-0.2, -0.15) is 0 Å². The Morgan fingerprint density at radius 1 is 0.810 bits per heavy atom. The Hall–Kier alpha value is -0.518. The zero-order chi connectivity index (χ0) is 15.3. The van der Waals surface area contributed by atoms with Gasteiger partial charge in [0.25, 0.3) is 0 Å². The fraction of sp³-hybridized carbons (Fsp3) is 0.667. The zero-order valence-corrected chi connectivity index (χ0v) is 14.9. The van der Waals surface area contributed by atoms with Crippen LogP contribution in [0.2, 0.25) is 10.6 Å². The van der Waals surface area contributed by atoms with Gasteiger partial charge in [-0.25, -0.2) is 4.39 Å². The second kappa shape index (κ2) is 12.1. The molecule has 0 amide bonds. The van der Waals surface area contributed by atoms with Gasteiger partial charge >= 0.3 is 14.5 Å². The highest BCUT2D eigenvalue weighted by molar-refractivity contribution is 6.52. The molecule has 1 aromatic rings. The summed E-state index contributed by atoms with van der Waals surface area (Å²) < 4.78 is 19.2. The van der Waals surface area contributed by atoms with E-state index >= 15 is 0 Å². The first-order valence-corrected chi connectivity index (χ1v) is 10.8. The van der Waals surface area contributed by atoms with Crippen molar-refractivity contribution in [2.75, 3.05) is 0 Å². The van der Waals surface area contributed by atoms with Gasteiger partial charge in [-0.15, -0.1) is 0 Å². The molecular weight excluding hydrogens is 278 g/mol. The van der Waals surface area contributed by atoms with E-state index in [0.717, 1.165) is 5.75 Å². The van der Waals surface area contributed by atoms with Gasteiger partial charge in [0, 0.05) is 0 Å². The number of unbranched alkanes of at least 4 members (excludes halogenated alkanes) is 6. The SMILES string of the molecule is CCCCC[CH2][Al]([CH2]CCCCC)[O]c1ccc(F)cc1. The van der Waals surface area contributed by atoms with E-state index in [-0.39, 0.29) is 5.82 Å². The molecule has 0 N–H and O–H groups in total. The van der Waals surface area contributed by atoms with Crippen molar-refractivity contribution in [1.82, 2.24) is 0 Å². The second-order valence-corrected chi connectivity index (χ2v) is 8.53. The van der Waals surface area contributed by atoms with Crippen LogP contribution in [0.4, 0.5) is 4.39 Å². The maximum Gasteiger partial charge on any atom is 0.546 e. The van der Waals surface area contributed by atoms with Crippen LogP contribution < -0.4 is 3.79 Å². The fourth-order valence-electron chi connectivity index (χ4n) is 2.57. The summed E-state index contributed by atoms with van der Waals surface area (Å²) in [6.07, 6.45) is 10.4. The van der Waals surface area contributed by atoms with E-state index in [4.69, 9.17) is 3.79 Å². The number of halogens is 1. The highest BCUT2D eigenvalue weighted by atomic mass is 27.2. The van der Waals surface area contributed by atoms with Gasteiger partial charge in [0.1, 0.15) is 5.82 Å². The summed E-state index contributed by atoms with van der Waals surface area (Å²) in [6.45, 7) is 4.49. The Labute approximate surface area is 134 Å². The molecule has 0 heterocycles. The van der Waals surface area contributed by atoms with Gasteiger partial charge in [0.2, 0.25) is 0 Å². The van der Waals surface area contributed by atoms with Crippen molar-refractivity contribution in [3.8, 4) is 5.75 Å². The van der Waals surface area contributed by atoms with Crippen LogP contribution in [-0.2, 0) is 0 Å². The van der Waals surface area contributed by atoms with Gasteiger partial charge in [-0.1, -0.05) is 75.8 Å². The summed E-state index contributed by atoms with van der Waals surface area (Å²) in [5, 5.41) is 2.51. The summed E-state index contributed by atoms with van der Waals surface area (Å²) in [4.78, 5) is 0. The molecule has 0 aromatic heterocycles. The Bertz CT molecular complexity index is 341. The van der Waals surface area contributed by atoms with E-state index in [0.29, 0.717) is 0 Å². The Balaban J connectivity index is 2.39. The molecule has 0 saturated carbocycles. The molecule has 0 atom stereocenters. The molecular formula is C18H30AlFO. The molecule has 0 aliphatic heterocycles. The Kier molecular flexibility index (Phi) is 10.7. The van der Waals surface area contributed by atoms with Gasteiger partial charge < -0.3 is 3.79 Å². The van der Waals surface area contributed by atoms with E-state index in [1.165, 1.54) is 74.1 Å². The van der Waals surface area contributed by atoms with Crippen LogP contribution in [0.5, 0.6) is 5.75 Å². The van der Waals surface area contributed by atoms with Crippen LogP contribution >= 0.6 is 0 Å². The van der Waals surface area contributed by atoms with Crippen LogP contribution in [0, 0.1) is 5.82 Å². The largest absolute Gasteiger partial charge is 0.643 e. The normalized spacial score (nSPS) is 10.6. The smallest absolute Gasteiger partial charge is 0.546 e. The molecule has 0 spiro atoms. The predicted molar refractivity (Wildman–Crippen MR) is 90.7 cm³/mol. The molecule has 0 bridgehead atoms. The molecule has 1 nitrogen and oxygen atoms in total. The number of hydrogen-bond donors (Lipinski definition) is 0. The quantitative estimate of drug-likeness (QED) is 0.322. The first-order chi connectivity index (χ1) is 10.3. The lowest BCUT2D eigenvalue weighted by atomic mass is 10.2. The van der Waals surface area contributed by atoms with Crippen molar-refractivity contribution in [3.05, 3.63) is 30.1 Å². The van der Waals surface area contributed by atoms with Crippen molar-refractivity contribution in [2.45, 2.75) is 75.8 Å². The average Bonchev–Trinajstić information content (AvgIpc) is 2.50. The molecule has 21 heavy (non-hydrogen) atoms. The lowest BCUT2D eigenvalue weighted by Gasteiger charge is -2.15. The fourth-order valence-corrected chi connectivity index (χ4v) is 5.12. The third-order valence-corrected chi connectivity index (χ3v) is 6.59. The summed E-state index contributed by atoms with van der Waals surface area (Å²) in [6, 6.07) is 6.53. The van der Waals surface area contributed by atoms with Crippen molar-refractivity contribution in [1.29, 1.82) is 0 Å². The van der Waals surface area contributed by atoms with E-state index in [9.17, 15) is 4.39 Å². The van der Waals surface area contributed by atoms with E-state index < -0.39 is 14.5 Å². The summed E-state index contributed by atoms with van der Waals surface area (Å²) in [5.74, 6) is 0.672. The van der Waals surface area contributed by atoms with Gasteiger partial charge in [0.05, 0.1) is 5.75 Å². The van der Waals surface area contributed by atoms with Crippen LogP contribution in [-0.4, -0.2) is 14.5 Å². The van der Waals surface area contributed by atoms with Crippen molar-refractivity contribution in [3.63, 3.8) is 0 Å². The van der Waals surface area contributed by atoms with Gasteiger partial charge in [-0.3, -0.25) is 0 Å². The monoisotopic (exact) mass is 308 g/mol. The van der Waals surface area contributed by atoms with Gasteiger partial charge in [-0.05, 0) is 24.3 Å². The molecule has 0 aliphatic carbocycles. The number of rotatable bonds is 12. The zero-order valence-electron chi connectivity index (χ0n) is 13.7. The standard InChI is InChI=1S/C6H5FO.2C6H13.Al/c7-5-1-3-6(8)4-2-5;2*1-3-5-6-4-2;/h1-4,8H;2*1,3-6H2,2H3;/q;;;+1/p-1. The molecule has 0 unspecified atom stereocenters. The first-order valence-electron chi connectivity index (χ1n) is 8.68. The highest BCUT2D eigenvalue weighted by Gasteiger charge is 2.22. The van der Waals surface area contributed by atoms with Crippen LogP contribution in [0.3, 0.4) is 0 Å². The van der Waals surface area contributed by atoms with Crippen molar-refractivity contribution >= 4 is 14.5 Å². The summed E-state index contributed by atoms with van der Waals surface area (Å²) >= 11 is -1.18. The van der Waals surface area contributed by atoms with Crippen LogP contribution in [0.1, 0.15) is 65.2 Å². The maximum atomic E-state index is 13.0. The Morgan fingerprint density at radius 2 is 1.33 bits per heavy atom. The minimum atomic E-state index is -1.18. The third-order valence-electron chi connectivity index (χ3n) is 3.88. The number of hydrogen-bond acceptors (Lipinski definition) is 1. The minimum Gasteiger partial charge on any atom is -0.643 e. The second-order valence-electron chi connectivity index (χ2n) is 5.89. The molecule has 0 radical (unpaired) electrons. The van der Waals surface area contributed by atoms with Crippen LogP contribution in [0.25, 0.3) is 0 Å². The van der Waals surface area contributed by atoms with E-state index in [2.05, 4.69) is 13.8 Å². The highest BCUT2D eigenvalue weighted by Crippen LogP contribution is 2.19.